The highest BCUT2D eigenvalue weighted by atomic mass is 35.5. The van der Waals surface area contributed by atoms with Gasteiger partial charge in [-0.05, 0) is 54.1 Å². The molecule has 0 saturated heterocycles. The lowest BCUT2D eigenvalue weighted by atomic mass is 10.0. The van der Waals surface area contributed by atoms with Crippen LogP contribution in [0.1, 0.15) is 21.5 Å². The quantitative estimate of drug-likeness (QED) is 0.394. The van der Waals surface area contributed by atoms with Gasteiger partial charge >= 0.3 is 0 Å². The first kappa shape index (κ1) is 20.3. The lowest BCUT2D eigenvalue weighted by molar-refractivity contribution is 0.103. The molecule has 0 aliphatic heterocycles. The molecule has 1 N–H and O–H groups in total. The molecule has 0 aliphatic carbocycles. The highest BCUT2D eigenvalue weighted by Gasteiger charge is 2.15. The molecule has 27 heavy (non-hydrogen) atoms. The van der Waals surface area contributed by atoms with Gasteiger partial charge in [0.15, 0.2) is 5.78 Å². The molecule has 7 heteroatoms. The molecule has 0 atom stereocenters. The Morgan fingerprint density at radius 2 is 1.44 bits per heavy atom. The predicted molar refractivity (Wildman–Crippen MR) is 115 cm³/mol. The summed E-state index contributed by atoms with van der Waals surface area (Å²) in [6, 6.07) is 15.1. The fourth-order valence-corrected chi connectivity index (χ4v) is 3.78. The third-order valence-electron chi connectivity index (χ3n) is 3.84. The van der Waals surface area contributed by atoms with Crippen LogP contribution >= 0.6 is 58.0 Å². The number of hydrogen-bond acceptors (Lipinski definition) is 2. The van der Waals surface area contributed by atoms with Crippen molar-refractivity contribution in [2.45, 2.75) is 6.54 Å². The zero-order chi connectivity index (χ0) is 19.6. The molecule has 0 spiro atoms. The smallest absolute Gasteiger partial charge is 0.194 e. The first-order chi connectivity index (χ1) is 12.8. The Morgan fingerprint density at radius 1 is 0.741 bits per heavy atom. The standard InChI is InChI=1S/C20H12Cl5NO/c21-13-2-1-11(18(24)8-13)10-26-16-3-4-17(19(25)9-16)20(27)12-5-14(22)7-15(23)6-12/h1-9,26H,10H2. The minimum absolute atomic E-state index is 0.253. The van der Waals surface area contributed by atoms with Gasteiger partial charge in [0.2, 0.25) is 0 Å². The summed E-state index contributed by atoms with van der Waals surface area (Å²) in [5, 5.41) is 5.48. The lowest BCUT2D eigenvalue weighted by Gasteiger charge is -2.11. The summed E-state index contributed by atoms with van der Waals surface area (Å²) in [4.78, 5) is 12.7. The molecule has 138 valence electrons. The Bertz CT molecular complexity index is 999. The monoisotopic (exact) mass is 457 g/mol. The molecule has 0 bridgehead atoms. The number of ketones is 1. The van der Waals surface area contributed by atoms with Gasteiger partial charge in [0.1, 0.15) is 0 Å². The van der Waals surface area contributed by atoms with E-state index in [-0.39, 0.29) is 5.78 Å². The van der Waals surface area contributed by atoms with Gasteiger partial charge in [-0.15, -0.1) is 0 Å². The van der Waals surface area contributed by atoms with Crippen molar-refractivity contribution in [1.82, 2.24) is 0 Å². The molecule has 0 radical (unpaired) electrons. The van der Waals surface area contributed by atoms with E-state index in [0.29, 0.717) is 42.8 Å². The van der Waals surface area contributed by atoms with Gasteiger partial charge in [-0.25, -0.2) is 0 Å². The normalized spacial score (nSPS) is 10.7. The minimum Gasteiger partial charge on any atom is -0.381 e. The molecular weight excluding hydrogens is 447 g/mol. The van der Waals surface area contributed by atoms with E-state index in [1.165, 1.54) is 0 Å². The molecule has 2 nitrogen and oxygen atoms in total. The van der Waals surface area contributed by atoms with Gasteiger partial charge in [0.05, 0.1) is 5.02 Å². The number of halogens is 5. The predicted octanol–water partition coefficient (Wildman–Crippen LogP) is 7.80. The van der Waals surface area contributed by atoms with E-state index >= 15 is 0 Å². The van der Waals surface area contributed by atoms with E-state index in [2.05, 4.69) is 5.32 Å². The topological polar surface area (TPSA) is 29.1 Å². The highest BCUT2D eigenvalue weighted by Crippen LogP contribution is 2.27. The zero-order valence-electron chi connectivity index (χ0n) is 13.7. The van der Waals surface area contributed by atoms with Gasteiger partial charge in [-0.3, -0.25) is 4.79 Å². The van der Waals surface area contributed by atoms with Crippen LogP contribution < -0.4 is 5.32 Å². The largest absolute Gasteiger partial charge is 0.381 e. The second kappa shape index (κ2) is 8.72. The van der Waals surface area contributed by atoms with E-state index < -0.39 is 0 Å². The first-order valence-corrected chi connectivity index (χ1v) is 9.70. The molecule has 3 aromatic carbocycles. The van der Waals surface area contributed by atoms with Crippen molar-refractivity contribution in [2.75, 3.05) is 5.32 Å². The van der Waals surface area contributed by atoms with Crippen LogP contribution in [0.2, 0.25) is 25.1 Å². The van der Waals surface area contributed by atoms with Crippen LogP contribution in [-0.2, 0) is 6.54 Å². The average molecular weight is 460 g/mol. The van der Waals surface area contributed by atoms with Crippen LogP contribution in [0, 0.1) is 0 Å². The Morgan fingerprint density at radius 3 is 2.07 bits per heavy atom. The maximum absolute atomic E-state index is 12.7. The molecule has 0 heterocycles. The number of nitrogens with one attached hydrogen (secondary N) is 1. The molecule has 0 fully saturated rings. The second-order valence-corrected chi connectivity index (χ2v) is 7.89. The summed E-state index contributed by atoms with van der Waals surface area (Å²) in [5.74, 6) is -0.253. The van der Waals surface area contributed by atoms with Crippen molar-refractivity contribution >= 4 is 69.5 Å². The number of rotatable bonds is 5. The zero-order valence-corrected chi connectivity index (χ0v) is 17.5. The molecular formula is C20H12Cl5NO. The van der Waals surface area contributed by atoms with Crippen LogP contribution in [0.4, 0.5) is 5.69 Å². The van der Waals surface area contributed by atoms with E-state index in [1.807, 2.05) is 6.07 Å². The molecule has 0 aromatic heterocycles. The van der Waals surface area contributed by atoms with Gasteiger partial charge in [0, 0.05) is 43.4 Å². The van der Waals surface area contributed by atoms with E-state index in [9.17, 15) is 4.79 Å². The number of anilines is 1. The highest BCUT2D eigenvalue weighted by molar-refractivity contribution is 6.37. The second-order valence-electron chi connectivity index (χ2n) is 5.77. The first-order valence-electron chi connectivity index (χ1n) is 7.81. The minimum atomic E-state index is -0.253. The number of hydrogen-bond donors (Lipinski definition) is 1. The van der Waals surface area contributed by atoms with Crippen LogP contribution in [0.5, 0.6) is 0 Å². The molecule has 0 aliphatic rings. The van der Waals surface area contributed by atoms with Gasteiger partial charge in [-0.1, -0.05) is 64.1 Å². The van der Waals surface area contributed by atoms with E-state index in [1.54, 1.807) is 48.5 Å². The molecule has 3 rings (SSSR count). The molecule has 0 amide bonds. The number of benzene rings is 3. The van der Waals surface area contributed by atoms with E-state index in [4.69, 9.17) is 58.0 Å². The lowest BCUT2D eigenvalue weighted by Crippen LogP contribution is -2.04. The van der Waals surface area contributed by atoms with Crippen molar-refractivity contribution in [1.29, 1.82) is 0 Å². The van der Waals surface area contributed by atoms with Crippen LogP contribution in [0.15, 0.2) is 54.6 Å². The van der Waals surface area contributed by atoms with Gasteiger partial charge < -0.3 is 5.32 Å². The summed E-state index contributed by atoms with van der Waals surface area (Å²) >= 11 is 30.3. The third kappa shape index (κ3) is 5.10. The fraction of sp³-hybridized carbons (Fsp3) is 0.0500. The summed E-state index contributed by atoms with van der Waals surface area (Å²) in [5.41, 5.74) is 2.39. The van der Waals surface area contributed by atoms with Crippen LogP contribution in [0.3, 0.4) is 0 Å². The summed E-state index contributed by atoms with van der Waals surface area (Å²) < 4.78 is 0. The third-order valence-corrected chi connectivity index (χ3v) is 5.17. The summed E-state index contributed by atoms with van der Waals surface area (Å²) in [6.07, 6.45) is 0. The van der Waals surface area contributed by atoms with Crippen molar-refractivity contribution in [3.8, 4) is 0 Å². The fourth-order valence-electron chi connectivity index (χ4n) is 2.51. The van der Waals surface area contributed by atoms with Gasteiger partial charge in [0.25, 0.3) is 0 Å². The van der Waals surface area contributed by atoms with Crippen molar-refractivity contribution in [3.63, 3.8) is 0 Å². The molecule has 0 saturated carbocycles. The number of carbonyl (C=O) groups is 1. The molecule has 0 unspecified atom stereocenters. The SMILES string of the molecule is O=C(c1cc(Cl)cc(Cl)c1)c1ccc(NCc2ccc(Cl)cc2Cl)cc1Cl. The number of carbonyl (C=O) groups excluding carboxylic acids is 1. The van der Waals surface area contributed by atoms with Crippen LogP contribution in [-0.4, -0.2) is 5.78 Å². The summed E-state index contributed by atoms with van der Waals surface area (Å²) in [6.45, 7) is 0.490. The Labute approximate surface area is 182 Å². The van der Waals surface area contributed by atoms with Gasteiger partial charge in [-0.2, -0.15) is 0 Å². The maximum Gasteiger partial charge on any atom is 0.194 e. The summed E-state index contributed by atoms with van der Waals surface area (Å²) in [7, 11) is 0. The Kier molecular flexibility index (Phi) is 6.56. The maximum atomic E-state index is 12.7. The molecule has 3 aromatic rings. The van der Waals surface area contributed by atoms with Crippen molar-refractivity contribution < 1.29 is 4.79 Å². The van der Waals surface area contributed by atoms with Crippen molar-refractivity contribution in [2.24, 2.45) is 0 Å². The Hall–Kier alpha value is -1.42. The van der Waals surface area contributed by atoms with E-state index in [0.717, 1.165) is 11.3 Å². The Balaban J connectivity index is 1.78. The average Bonchev–Trinajstić information content (AvgIpc) is 2.59. The van der Waals surface area contributed by atoms with Crippen LogP contribution in [0.25, 0.3) is 0 Å². The van der Waals surface area contributed by atoms with Crippen molar-refractivity contribution in [3.05, 3.63) is 96.4 Å².